The molecule has 8 nitrogen and oxygen atoms in total. The molecule has 0 radical (unpaired) electrons. The van der Waals surface area contributed by atoms with E-state index < -0.39 is 10.9 Å². The molecule has 20 heavy (non-hydrogen) atoms. The predicted octanol–water partition coefficient (Wildman–Crippen LogP) is 0.619. The van der Waals surface area contributed by atoms with Crippen molar-refractivity contribution in [3.05, 3.63) is 33.9 Å². The first kappa shape index (κ1) is 13.8. The van der Waals surface area contributed by atoms with Crippen molar-refractivity contribution in [1.82, 2.24) is 5.32 Å². The highest BCUT2D eigenvalue weighted by Gasteiger charge is 2.24. The molecule has 1 aromatic rings. The highest BCUT2D eigenvalue weighted by molar-refractivity contribution is 5.91. The first-order chi connectivity index (χ1) is 9.49. The van der Waals surface area contributed by atoms with Crippen molar-refractivity contribution >= 4 is 23.3 Å². The van der Waals surface area contributed by atoms with E-state index in [1.54, 1.807) is 0 Å². The number of carboxylic acid groups (broad SMARTS) is 1. The van der Waals surface area contributed by atoms with Gasteiger partial charge in [-0.2, -0.15) is 0 Å². The minimum Gasteiger partial charge on any atom is -0.478 e. The van der Waals surface area contributed by atoms with Gasteiger partial charge in [-0.1, -0.05) is 0 Å². The van der Waals surface area contributed by atoms with Gasteiger partial charge >= 0.3 is 5.97 Å². The third kappa shape index (κ3) is 2.85. The number of carbonyl (C=O) groups excluding carboxylic acids is 1. The molecule has 1 aliphatic rings. The van der Waals surface area contributed by atoms with E-state index in [2.05, 4.69) is 5.32 Å². The number of nitrogens with one attached hydrogen (secondary N) is 1. The molecule has 1 aromatic carbocycles. The molecule has 0 atom stereocenters. The van der Waals surface area contributed by atoms with E-state index in [0.29, 0.717) is 19.5 Å². The van der Waals surface area contributed by atoms with Crippen molar-refractivity contribution in [3.8, 4) is 0 Å². The van der Waals surface area contributed by atoms with Crippen LogP contribution in [0.1, 0.15) is 16.8 Å². The summed E-state index contributed by atoms with van der Waals surface area (Å²) in [5.74, 6) is -1.40. The number of anilines is 1. The number of amides is 1. The van der Waals surface area contributed by atoms with Gasteiger partial charge < -0.3 is 15.3 Å². The Labute approximate surface area is 114 Å². The lowest BCUT2D eigenvalue weighted by atomic mass is 10.1. The minimum absolute atomic E-state index is 0.0239. The maximum atomic E-state index is 11.5. The highest BCUT2D eigenvalue weighted by atomic mass is 16.6. The van der Waals surface area contributed by atoms with Crippen molar-refractivity contribution in [2.75, 3.05) is 24.5 Å². The van der Waals surface area contributed by atoms with Gasteiger partial charge in [0, 0.05) is 19.2 Å². The SMILES string of the molecule is O=C1CN(c2cc(C(=O)O)ccc2[N+](=O)[O-])CCCN1. The quantitative estimate of drug-likeness (QED) is 0.619. The molecule has 0 aromatic heterocycles. The van der Waals surface area contributed by atoms with Crippen molar-refractivity contribution in [2.45, 2.75) is 6.42 Å². The fourth-order valence-corrected chi connectivity index (χ4v) is 2.08. The average molecular weight is 279 g/mol. The summed E-state index contributed by atoms with van der Waals surface area (Å²) in [4.78, 5) is 34.5. The molecule has 1 heterocycles. The van der Waals surface area contributed by atoms with E-state index in [1.807, 2.05) is 0 Å². The number of aromatic carboxylic acids is 1. The van der Waals surface area contributed by atoms with Crippen LogP contribution in [-0.4, -0.2) is 41.5 Å². The molecule has 0 saturated carbocycles. The number of benzene rings is 1. The molecule has 0 unspecified atom stereocenters. The highest BCUT2D eigenvalue weighted by Crippen LogP contribution is 2.29. The maximum Gasteiger partial charge on any atom is 0.335 e. The van der Waals surface area contributed by atoms with Crippen LogP contribution in [0.3, 0.4) is 0 Å². The molecule has 2 rings (SSSR count). The summed E-state index contributed by atoms with van der Waals surface area (Å²) in [6.07, 6.45) is 0.639. The number of nitro benzene ring substituents is 1. The Hall–Kier alpha value is -2.64. The fraction of sp³-hybridized carbons (Fsp3) is 0.333. The third-order valence-corrected chi connectivity index (χ3v) is 3.02. The van der Waals surface area contributed by atoms with Crippen LogP contribution >= 0.6 is 0 Å². The van der Waals surface area contributed by atoms with E-state index >= 15 is 0 Å². The van der Waals surface area contributed by atoms with Gasteiger partial charge in [-0.05, 0) is 18.6 Å². The smallest absolute Gasteiger partial charge is 0.335 e. The lowest BCUT2D eigenvalue weighted by Crippen LogP contribution is -2.33. The Morgan fingerprint density at radius 1 is 1.45 bits per heavy atom. The van der Waals surface area contributed by atoms with E-state index in [9.17, 15) is 19.7 Å². The van der Waals surface area contributed by atoms with Gasteiger partial charge in [-0.25, -0.2) is 4.79 Å². The molecule has 106 valence electrons. The second-order valence-electron chi connectivity index (χ2n) is 4.39. The van der Waals surface area contributed by atoms with Crippen molar-refractivity contribution in [2.24, 2.45) is 0 Å². The molecule has 0 bridgehead atoms. The summed E-state index contributed by atoms with van der Waals surface area (Å²) in [6.45, 7) is 0.925. The molecule has 1 aliphatic heterocycles. The maximum absolute atomic E-state index is 11.5. The standard InChI is InChI=1S/C12H13N3O5/c16-11-7-14(5-1-4-13-11)10-6-8(12(17)18)2-3-9(10)15(19)20/h2-3,6H,1,4-5,7H2,(H,13,16)(H,17,18). The van der Waals surface area contributed by atoms with E-state index in [0.717, 1.165) is 6.07 Å². The van der Waals surface area contributed by atoms with Crippen LogP contribution in [-0.2, 0) is 4.79 Å². The monoisotopic (exact) mass is 279 g/mol. The lowest BCUT2D eigenvalue weighted by Gasteiger charge is -2.21. The predicted molar refractivity (Wildman–Crippen MR) is 69.9 cm³/mol. The van der Waals surface area contributed by atoms with Crippen LogP contribution in [0.15, 0.2) is 18.2 Å². The molecule has 0 spiro atoms. The second kappa shape index (κ2) is 5.55. The van der Waals surface area contributed by atoms with Gasteiger partial charge in [0.05, 0.1) is 17.0 Å². The Morgan fingerprint density at radius 2 is 2.20 bits per heavy atom. The Kier molecular flexibility index (Phi) is 3.83. The molecule has 0 aliphatic carbocycles. The topological polar surface area (TPSA) is 113 Å². The van der Waals surface area contributed by atoms with Crippen LogP contribution < -0.4 is 10.2 Å². The number of nitro groups is 1. The largest absolute Gasteiger partial charge is 0.478 e. The summed E-state index contributed by atoms with van der Waals surface area (Å²) in [6, 6.07) is 3.57. The number of carbonyl (C=O) groups is 2. The number of rotatable bonds is 3. The Morgan fingerprint density at radius 3 is 2.85 bits per heavy atom. The van der Waals surface area contributed by atoms with Crippen LogP contribution in [0.25, 0.3) is 0 Å². The average Bonchev–Trinajstić information content (AvgIpc) is 2.62. The Bertz CT molecular complexity index is 572. The zero-order valence-corrected chi connectivity index (χ0v) is 10.5. The second-order valence-corrected chi connectivity index (χ2v) is 4.39. The van der Waals surface area contributed by atoms with Gasteiger partial charge in [0.1, 0.15) is 5.69 Å². The molecular formula is C12H13N3O5. The van der Waals surface area contributed by atoms with E-state index in [1.165, 1.54) is 17.0 Å². The van der Waals surface area contributed by atoms with Crippen LogP contribution in [0.4, 0.5) is 11.4 Å². The number of nitrogens with zero attached hydrogens (tertiary/aromatic N) is 2. The molecule has 8 heteroatoms. The van der Waals surface area contributed by atoms with Crippen molar-refractivity contribution in [3.63, 3.8) is 0 Å². The first-order valence-corrected chi connectivity index (χ1v) is 6.02. The normalized spacial score (nSPS) is 15.4. The van der Waals surface area contributed by atoms with Gasteiger partial charge in [-0.3, -0.25) is 14.9 Å². The summed E-state index contributed by atoms with van der Waals surface area (Å²) in [5, 5.41) is 22.7. The zero-order valence-electron chi connectivity index (χ0n) is 10.5. The van der Waals surface area contributed by atoms with Gasteiger partial charge in [0.25, 0.3) is 5.69 Å². The third-order valence-electron chi connectivity index (χ3n) is 3.02. The molecule has 1 fully saturated rings. The summed E-state index contributed by atoms with van der Waals surface area (Å²) < 4.78 is 0. The van der Waals surface area contributed by atoms with Crippen LogP contribution in [0.5, 0.6) is 0 Å². The lowest BCUT2D eigenvalue weighted by molar-refractivity contribution is -0.384. The minimum atomic E-state index is -1.17. The summed E-state index contributed by atoms with van der Waals surface area (Å²) in [7, 11) is 0. The Balaban J connectivity index is 2.45. The van der Waals surface area contributed by atoms with E-state index in [4.69, 9.17) is 5.11 Å². The van der Waals surface area contributed by atoms with Crippen LogP contribution in [0.2, 0.25) is 0 Å². The van der Waals surface area contributed by atoms with Gasteiger partial charge in [-0.15, -0.1) is 0 Å². The van der Waals surface area contributed by atoms with E-state index in [-0.39, 0.29) is 29.4 Å². The summed E-state index contributed by atoms with van der Waals surface area (Å²) in [5.41, 5.74) is -0.0908. The molecular weight excluding hydrogens is 266 g/mol. The van der Waals surface area contributed by atoms with Crippen molar-refractivity contribution < 1.29 is 19.6 Å². The fourth-order valence-electron chi connectivity index (χ4n) is 2.08. The zero-order chi connectivity index (χ0) is 14.7. The first-order valence-electron chi connectivity index (χ1n) is 6.02. The number of hydrogen-bond donors (Lipinski definition) is 2. The summed E-state index contributed by atoms with van der Waals surface area (Å²) >= 11 is 0. The number of carboxylic acids is 1. The molecule has 1 saturated heterocycles. The van der Waals surface area contributed by atoms with Crippen LogP contribution in [0, 0.1) is 10.1 Å². The number of hydrogen-bond acceptors (Lipinski definition) is 5. The van der Waals surface area contributed by atoms with Crippen molar-refractivity contribution in [1.29, 1.82) is 0 Å². The molecule has 1 amide bonds. The molecule has 2 N–H and O–H groups in total. The van der Waals surface area contributed by atoms with Gasteiger partial charge in [0.2, 0.25) is 5.91 Å². The van der Waals surface area contributed by atoms with Gasteiger partial charge in [0.15, 0.2) is 0 Å².